The molecule has 0 spiro atoms. The van der Waals surface area contributed by atoms with Crippen LogP contribution in [0.15, 0.2) is 107 Å². The second-order valence-corrected chi connectivity index (χ2v) is 11.2. The number of carbonyl (C=O) groups excluding carboxylic acids is 4. The number of hydrogen-bond donors (Lipinski definition) is 3. The lowest BCUT2D eigenvalue weighted by atomic mass is 10.1. The molecule has 0 saturated heterocycles. The van der Waals surface area contributed by atoms with Crippen molar-refractivity contribution in [3.63, 3.8) is 0 Å². The molecule has 0 saturated carbocycles. The molecule has 214 valence electrons. The van der Waals surface area contributed by atoms with Crippen molar-refractivity contribution in [3.05, 3.63) is 123 Å². The molecule has 3 N–H and O–H groups in total. The first-order valence-corrected chi connectivity index (χ1v) is 14.6. The number of halogens is 2. The number of benzene rings is 4. The van der Waals surface area contributed by atoms with E-state index in [2.05, 4.69) is 37.1 Å². The average Bonchev–Trinajstić information content (AvgIpc) is 3.35. The van der Waals surface area contributed by atoms with Crippen LogP contribution in [0, 0.1) is 0 Å². The van der Waals surface area contributed by atoms with E-state index in [0.717, 1.165) is 14.6 Å². The van der Waals surface area contributed by atoms with Crippen LogP contribution in [-0.2, 0) is 9.59 Å². The summed E-state index contributed by atoms with van der Waals surface area (Å²) in [5.74, 6) is -2.90. The Balaban J connectivity index is 1.18. The lowest BCUT2D eigenvalue weighted by Crippen LogP contribution is -2.33. The van der Waals surface area contributed by atoms with E-state index in [4.69, 9.17) is 16.3 Å². The van der Waals surface area contributed by atoms with Crippen LogP contribution in [-0.4, -0.2) is 29.9 Å². The average molecular weight is 676 g/mol. The molecular formula is C31H20BrClN4O5S. The quantitative estimate of drug-likeness (QED) is 0.0570. The summed E-state index contributed by atoms with van der Waals surface area (Å²) in [5.41, 5.74) is 3.50. The molecule has 0 bridgehead atoms. The SMILES string of the molecule is O=C(NN=Cc1cccc(OC(=O)c2sc3ccccc3c2Cl)c1)C(=O)Nc1ccccc1C(=O)Nc1ccc(Br)cc1. The Kier molecular flexibility index (Phi) is 9.26. The highest BCUT2D eigenvalue weighted by Crippen LogP contribution is 2.35. The Morgan fingerprint density at radius 2 is 1.58 bits per heavy atom. The van der Waals surface area contributed by atoms with Crippen LogP contribution >= 0.6 is 38.9 Å². The van der Waals surface area contributed by atoms with E-state index in [-0.39, 0.29) is 21.9 Å². The Morgan fingerprint density at radius 1 is 0.837 bits per heavy atom. The van der Waals surface area contributed by atoms with Crippen LogP contribution in [0.3, 0.4) is 0 Å². The number of thiophene rings is 1. The zero-order valence-corrected chi connectivity index (χ0v) is 25.1. The predicted octanol–water partition coefficient (Wildman–Crippen LogP) is 6.88. The van der Waals surface area contributed by atoms with Crippen LogP contribution in [0.4, 0.5) is 11.4 Å². The Hall–Kier alpha value is -4.84. The molecule has 0 atom stereocenters. The molecule has 1 aromatic heterocycles. The molecule has 5 rings (SSSR count). The van der Waals surface area contributed by atoms with Crippen molar-refractivity contribution in [1.29, 1.82) is 0 Å². The summed E-state index contributed by atoms with van der Waals surface area (Å²) in [4.78, 5) is 50.8. The van der Waals surface area contributed by atoms with Crippen LogP contribution in [0.25, 0.3) is 10.1 Å². The van der Waals surface area contributed by atoms with Gasteiger partial charge in [-0.05, 0) is 60.2 Å². The molecule has 0 aliphatic heterocycles. The van der Waals surface area contributed by atoms with E-state index in [0.29, 0.717) is 16.3 Å². The Bertz CT molecular complexity index is 1890. The third-order valence-corrected chi connectivity index (χ3v) is 8.08. The van der Waals surface area contributed by atoms with Crippen molar-refractivity contribution in [1.82, 2.24) is 5.43 Å². The standard InChI is InChI=1S/C31H20BrClN4O5S/c32-19-12-14-20(15-13-19)35-28(38)22-8-1-3-10-24(22)36-29(39)30(40)37-34-17-18-6-5-7-21(16-18)42-31(41)27-26(33)23-9-2-4-11-25(23)43-27/h1-17H,(H,35,38)(H,36,39)(H,37,40). The maximum Gasteiger partial charge on any atom is 0.355 e. The van der Waals surface area contributed by atoms with Gasteiger partial charge in [0.15, 0.2) is 0 Å². The highest BCUT2D eigenvalue weighted by Gasteiger charge is 2.20. The molecular weight excluding hydrogens is 656 g/mol. The van der Waals surface area contributed by atoms with E-state index in [1.54, 1.807) is 54.6 Å². The van der Waals surface area contributed by atoms with Gasteiger partial charge in [-0.2, -0.15) is 5.10 Å². The molecule has 0 fully saturated rings. The number of nitrogens with zero attached hydrogens (tertiary/aromatic N) is 1. The van der Waals surface area contributed by atoms with Gasteiger partial charge >= 0.3 is 17.8 Å². The summed E-state index contributed by atoms with van der Waals surface area (Å²) >= 11 is 11.0. The first-order valence-electron chi connectivity index (χ1n) is 12.6. The third kappa shape index (κ3) is 7.33. The van der Waals surface area contributed by atoms with Gasteiger partial charge in [-0.15, -0.1) is 11.3 Å². The van der Waals surface area contributed by atoms with Gasteiger partial charge in [-0.3, -0.25) is 14.4 Å². The fraction of sp³-hybridized carbons (Fsp3) is 0. The number of esters is 1. The van der Waals surface area contributed by atoms with E-state index in [9.17, 15) is 19.2 Å². The van der Waals surface area contributed by atoms with Crippen LogP contribution in [0.1, 0.15) is 25.6 Å². The zero-order chi connectivity index (χ0) is 30.3. The van der Waals surface area contributed by atoms with Crippen LogP contribution in [0.2, 0.25) is 5.02 Å². The number of fused-ring (bicyclic) bond motifs is 1. The third-order valence-electron chi connectivity index (χ3n) is 5.90. The molecule has 3 amide bonds. The maximum atomic E-state index is 12.8. The number of hydrazone groups is 1. The first-order chi connectivity index (χ1) is 20.8. The number of hydrogen-bond acceptors (Lipinski definition) is 7. The molecule has 9 nitrogen and oxygen atoms in total. The number of amides is 3. The van der Waals surface area contributed by atoms with Crippen LogP contribution in [0.5, 0.6) is 5.75 Å². The monoisotopic (exact) mass is 674 g/mol. The van der Waals surface area contributed by atoms with Crippen molar-refractivity contribution >= 4 is 90.2 Å². The summed E-state index contributed by atoms with van der Waals surface area (Å²) in [6, 6.07) is 27.1. The smallest absolute Gasteiger partial charge is 0.355 e. The fourth-order valence-corrected chi connectivity index (χ4v) is 5.52. The number of para-hydroxylation sites is 1. The molecule has 0 aliphatic carbocycles. The van der Waals surface area contributed by atoms with Gasteiger partial charge in [0.25, 0.3) is 5.91 Å². The summed E-state index contributed by atoms with van der Waals surface area (Å²) in [6.07, 6.45) is 1.29. The fourth-order valence-electron chi connectivity index (χ4n) is 3.87. The number of ether oxygens (including phenoxy) is 1. The van der Waals surface area contributed by atoms with Crippen molar-refractivity contribution in [3.8, 4) is 5.75 Å². The number of nitrogens with one attached hydrogen (secondary N) is 3. The summed E-state index contributed by atoms with van der Waals surface area (Å²) in [7, 11) is 0. The summed E-state index contributed by atoms with van der Waals surface area (Å²) < 4.78 is 7.22. The van der Waals surface area contributed by atoms with Gasteiger partial charge in [-0.25, -0.2) is 10.2 Å². The lowest BCUT2D eigenvalue weighted by Gasteiger charge is -2.11. The largest absolute Gasteiger partial charge is 0.422 e. The van der Waals surface area contributed by atoms with Gasteiger partial charge in [-0.1, -0.05) is 70.0 Å². The number of rotatable bonds is 7. The Morgan fingerprint density at radius 3 is 2.37 bits per heavy atom. The van der Waals surface area contributed by atoms with Gasteiger partial charge < -0.3 is 15.4 Å². The highest BCUT2D eigenvalue weighted by molar-refractivity contribution is 9.10. The summed E-state index contributed by atoms with van der Waals surface area (Å²) in [6.45, 7) is 0. The minimum atomic E-state index is -1.05. The molecule has 1 heterocycles. The molecule has 0 unspecified atom stereocenters. The number of carbonyl (C=O) groups is 4. The molecule has 0 aliphatic rings. The maximum absolute atomic E-state index is 12.8. The van der Waals surface area contributed by atoms with E-state index in [1.165, 1.54) is 35.8 Å². The molecule has 0 radical (unpaired) electrons. The van der Waals surface area contributed by atoms with Crippen molar-refractivity contribution < 1.29 is 23.9 Å². The van der Waals surface area contributed by atoms with Crippen molar-refractivity contribution in [2.45, 2.75) is 0 Å². The van der Waals surface area contributed by atoms with E-state index < -0.39 is 23.7 Å². The Labute approximate surface area is 262 Å². The highest BCUT2D eigenvalue weighted by atomic mass is 79.9. The molecule has 12 heteroatoms. The second kappa shape index (κ2) is 13.4. The normalized spacial score (nSPS) is 10.8. The van der Waals surface area contributed by atoms with Crippen LogP contribution < -0.4 is 20.8 Å². The van der Waals surface area contributed by atoms with Crippen molar-refractivity contribution in [2.24, 2.45) is 5.10 Å². The van der Waals surface area contributed by atoms with E-state index >= 15 is 0 Å². The van der Waals surface area contributed by atoms with E-state index in [1.807, 2.05) is 24.3 Å². The van der Waals surface area contributed by atoms with Crippen molar-refractivity contribution in [2.75, 3.05) is 10.6 Å². The number of anilines is 2. The van der Waals surface area contributed by atoms with Gasteiger partial charge in [0.05, 0.1) is 22.5 Å². The lowest BCUT2D eigenvalue weighted by molar-refractivity contribution is -0.136. The minimum absolute atomic E-state index is 0.148. The van der Waals surface area contributed by atoms with Gasteiger partial charge in [0.1, 0.15) is 10.6 Å². The van der Waals surface area contributed by atoms with Gasteiger partial charge in [0, 0.05) is 20.2 Å². The molecule has 5 aromatic rings. The minimum Gasteiger partial charge on any atom is -0.422 e. The zero-order valence-electron chi connectivity index (χ0n) is 22.0. The first kappa shape index (κ1) is 29.6. The molecule has 4 aromatic carbocycles. The summed E-state index contributed by atoms with van der Waals surface area (Å²) in [5, 5.41) is 10.1. The predicted molar refractivity (Wildman–Crippen MR) is 171 cm³/mol. The van der Waals surface area contributed by atoms with Gasteiger partial charge in [0.2, 0.25) is 0 Å². The molecule has 43 heavy (non-hydrogen) atoms. The topological polar surface area (TPSA) is 126 Å². The second-order valence-electron chi connectivity index (χ2n) is 8.86.